The Kier molecular flexibility index (Phi) is 8.14. The van der Waals surface area contributed by atoms with Crippen molar-refractivity contribution in [2.45, 2.75) is 73.5 Å². The molecule has 6 heteroatoms. The minimum Gasteiger partial charge on any atom is -0.488 e. The van der Waals surface area contributed by atoms with Crippen LogP contribution in [0.25, 0.3) is 0 Å². The fourth-order valence-corrected chi connectivity index (χ4v) is 5.05. The molecule has 0 heterocycles. The van der Waals surface area contributed by atoms with Crippen molar-refractivity contribution in [2.24, 2.45) is 0 Å². The fraction of sp³-hybridized carbons (Fsp3) is 0.700. The first-order valence-corrected chi connectivity index (χ1v) is 11.1. The van der Waals surface area contributed by atoms with E-state index in [-0.39, 0.29) is 11.2 Å². The summed E-state index contributed by atoms with van der Waals surface area (Å²) in [5, 5.41) is 0.851. The van der Waals surface area contributed by atoms with Gasteiger partial charge in [0, 0.05) is 31.1 Å². The highest BCUT2D eigenvalue weighted by Gasteiger charge is 2.44. The molecular formula is C20H36O5Si. The number of hydrogen-bond donors (Lipinski definition) is 0. The van der Waals surface area contributed by atoms with Crippen LogP contribution in [-0.2, 0) is 13.3 Å². The van der Waals surface area contributed by atoms with Crippen molar-refractivity contribution >= 4 is 14.0 Å². The predicted octanol–water partition coefficient (Wildman–Crippen LogP) is 4.30. The lowest BCUT2D eigenvalue weighted by Gasteiger charge is -2.31. The van der Waals surface area contributed by atoms with E-state index < -0.39 is 8.80 Å². The van der Waals surface area contributed by atoms with E-state index in [0.717, 1.165) is 5.19 Å². The number of hydrogen-bond acceptors (Lipinski definition) is 5. The van der Waals surface area contributed by atoms with Crippen LogP contribution < -0.4 is 14.7 Å². The van der Waals surface area contributed by atoms with Gasteiger partial charge in [0.05, 0.1) is 0 Å². The molecule has 0 aromatic heterocycles. The van der Waals surface area contributed by atoms with Gasteiger partial charge in [0.1, 0.15) is 22.7 Å². The van der Waals surface area contributed by atoms with E-state index in [1.165, 1.54) is 0 Å². The normalized spacial score (nSPS) is 13.0. The third-order valence-corrected chi connectivity index (χ3v) is 6.09. The molecule has 5 nitrogen and oxygen atoms in total. The fourth-order valence-electron chi connectivity index (χ4n) is 2.52. The Labute approximate surface area is 160 Å². The number of benzene rings is 1. The number of ether oxygens (including phenoxy) is 2. The van der Waals surface area contributed by atoms with E-state index in [1.807, 2.05) is 80.5 Å². The van der Waals surface area contributed by atoms with Gasteiger partial charge in [0.2, 0.25) is 0 Å². The molecule has 1 aromatic rings. The average Bonchev–Trinajstić information content (AvgIpc) is 2.43. The van der Waals surface area contributed by atoms with Crippen LogP contribution in [0.1, 0.15) is 62.3 Å². The van der Waals surface area contributed by atoms with Gasteiger partial charge in [-0.1, -0.05) is 0 Å². The second-order valence-corrected chi connectivity index (χ2v) is 10.5. The molecule has 0 bridgehead atoms. The van der Waals surface area contributed by atoms with Crippen LogP contribution in [0.4, 0.5) is 0 Å². The molecule has 0 amide bonds. The monoisotopic (exact) mass is 384 g/mol. The minimum atomic E-state index is -3.05. The molecule has 150 valence electrons. The van der Waals surface area contributed by atoms with E-state index in [9.17, 15) is 0 Å². The van der Waals surface area contributed by atoms with Crippen molar-refractivity contribution < 1.29 is 22.8 Å². The predicted molar refractivity (Wildman–Crippen MR) is 107 cm³/mol. The van der Waals surface area contributed by atoms with E-state index in [4.69, 9.17) is 22.8 Å². The Balaban J connectivity index is 3.48. The SMILES string of the molecule is CCO[Si](OCC)(OCC)c1cc(OC(C)(C)C)cc(OC(C)(C)C)c1. The van der Waals surface area contributed by atoms with Crippen LogP contribution in [0, 0.1) is 0 Å². The summed E-state index contributed by atoms with van der Waals surface area (Å²) >= 11 is 0. The van der Waals surface area contributed by atoms with Gasteiger partial charge in [-0.2, -0.15) is 0 Å². The smallest absolute Gasteiger partial charge is 0.488 e. The lowest BCUT2D eigenvalue weighted by molar-refractivity contribution is 0.0849. The first-order chi connectivity index (χ1) is 11.9. The zero-order valence-corrected chi connectivity index (χ0v) is 18.9. The molecule has 0 aliphatic carbocycles. The van der Waals surface area contributed by atoms with Crippen molar-refractivity contribution in [1.29, 1.82) is 0 Å². The zero-order chi connectivity index (χ0) is 20.0. The van der Waals surface area contributed by atoms with E-state index >= 15 is 0 Å². The molecule has 0 saturated carbocycles. The maximum atomic E-state index is 6.10. The summed E-state index contributed by atoms with van der Waals surface area (Å²) in [7, 11) is -3.05. The molecule has 26 heavy (non-hydrogen) atoms. The van der Waals surface area contributed by atoms with Crippen molar-refractivity contribution in [3.05, 3.63) is 18.2 Å². The van der Waals surface area contributed by atoms with E-state index in [1.54, 1.807) is 0 Å². The first-order valence-electron chi connectivity index (χ1n) is 9.40. The molecule has 0 fully saturated rings. The molecule has 0 spiro atoms. The first kappa shape index (κ1) is 23.0. The Morgan fingerprint density at radius 3 is 1.27 bits per heavy atom. The maximum Gasteiger partial charge on any atom is 0.537 e. The highest BCUT2D eigenvalue weighted by atomic mass is 28.4. The van der Waals surface area contributed by atoms with Crippen LogP contribution in [0.15, 0.2) is 18.2 Å². The highest BCUT2D eigenvalue weighted by Crippen LogP contribution is 2.27. The van der Waals surface area contributed by atoms with Gasteiger partial charge in [-0.15, -0.1) is 0 Å². The lowest BCUT2D eigenvalue weighted by atomic mass is 10.2. The van der Waals surface area contributed by atoms with Gasteiger partial charge < -0.3 is 22.8 Å². The Hall–Kier alpha value is -1.08. The van der Waals surface area contributed by atoms with Crippen LogP contribution >= 0.6 is 0 Å². The van der Waals surface area contributed by atoms with Crippen molar-refractivity contribution in [3.63, 3.8) is 0 Å². The van der Waals surface area contributed by atoms with Gasteiger partial charge in [-0.3, -0.25) is 0 Å². The van der Waals surface area contributed by atoms with E-state index in [2.05, 4.69) is 0 Å². The zero-order valence-electron chi connectivity index (χ0n) is 17.9. The van der Waals surface area contributed by atoms with Gasteiger partial charge >= 0.3 is 8.80 Å². The summed E-state index contributed by atoms with van der Waals surface area (Å²) in [6.45, 7) is 19.5. The topological polar surface area (TPSA) is 46.2 Å². The summed E-state index contributed by atoms with van der Waals surface area (Å²) in [6, 6.07) is 5.81. The average molecular weight is 385 g/mol. The molecule has 0 saturated heterocycles. The van der Waals surface area contributed by atoms with Crippen molar-refractivity contribution in [2.75, 3.05) is 19.8 Å². The van der Waals surface area contributed by atoms with Crippen LogP contribution in [0.3, 0.4) is 0 Å². The molecule has 0 unspecified atom stereocenters. The van der Waals surface area contributed by atoms with Crippen molar-refractivity contribution in [3.8, 4) is 11.5 Å². The second kappa shape index (κ2) is 9.22. The molecule has 0 aliphatic heterocycles. The molecule has 0 aliphatic rings. The lowest BCUT2D eigenvalue weighted by Crippen LogP contribution is -2.57. The molecule has 1 rings (SSSR count). The third kappa shape index (κ3) is 7.27. The minimum absolute atomic E-state index is 0.329. The number of rotatable bonds is 9. The van der Waals surface area contributed by atoms with Gasteiger partial charge in [0.15, 0.2) is 0 Å². The quantitative estimate of drug-likeness (QED) is 0.594. The van der Waals surface area contributed by atoms with Crippen LogP contribution in [0.2, 0.25) is 0 Å². The third-order valence-electron chi connectivity index (χ3n) is 3.08. The standard InChI is InChI=1S/C20H36O5Si/c1-10-21-26(22-11-2,23-12-3)18-14-16(24-19(4,5)6)13-17(15-18)25-20(7,8)9/h13-15H,10-12H2,1-9H3. The second-order valence-electron chi connectivity index (χ2n) is 7.98. The van der Waals surface area contributed by atoms with Crippen LogP contribution in [-0.4, -0.2) is 39.8 Å². The molecule has 0 N–H and O–H groups in total. The highest BCUT2D eigenvalue weighted by molar-refractivity contribution is 6.75. The Morgan fingerprint density at radius 1 is 0.654 bits per heavy atom. The van der Waals surface area contributed by atoms with Gasteiger partial charge in [-0.05, 0) is 74.4 Å². The van der Waals surface area contributed by atoms with Crippen molar-refractivity contribution in [1.82, 2.24) is 0 Å². The largest absolute Gasteiger partial charge is 0.537 e. The molecule has 0 atom stereocenters. The Bertz CT molecular complexity index is 509. The summed E-state index contributed by atoms with van der Waals surface area (Å²) in [5.41, 5.74) is -0.657. The maximum absolute atomic E-state index is 6.10. The van der Waals surface area contributed by atoms with Crippen LogP contribution in [0.5, 0.6) is 11.5 Å². The van der Waals surface area contributed by atoms with Gasteiger partial charge in [-0.25, -0.2) is 0 Å². The molecular weight excluding hydrogens is 348 g/mol. The summed E-state index contributed by atoms with van der Waals surface area (Å²) in [4.78, 5) is 0. The van der Waals surface area contributed by atoms with Gasteiger partial charge in [0.25, 0.3) is 0 Å². The van der Waals surface area contributed by atoms with E-state index in [0.29, 0.717) is 31.3 Å². The molecule has 1 aromatic carbocycles. The summed E-state index contributed by atoms with van der Waals surface area (Å²) < 4.78 is 30.4. The molecule has 0 radical (unpaired) electrons. The summed E-state index contributed by atoms with van der Waals surface area (Å²) in [5.74, 6) is 1.43. The summed E-state index contributed by atoms with van der Waals surface area (Å²) in [6.07, 6.45) is 0. The Morgan fingerprint density at radius 2 is 1.00 bits per heavy atom.